The van der Waals surface area contributed by atoms with Gasteiger partial charge in [-0.25, -0.2) is 0 Å². The average Bonchev–Trinajstić information content (AvgIpc) is 3.24. The summed E-state index contributed by atoms with van der Waals surface area (Å²) in [6.45, 7) is 0. The number of methoxy groups -OCH3 is 1. The molecule has 0 saturated carbocycles. The molecule has 1 aliphatic heterocycles. The zero-order valence-corrected chi connectivity index (χ0v) is 15.4. The zero-order chi connectivity index (χ0) is 18.2. The largest absolute Gasteiger partial charge is 0.496 e. The number of hydrogen-bond donors (Lipinski definition) is 1. The summed E-state index contributed by atoms with van der Waals surface area (Å²) in [5, 5.41) is 3.82. The van der Waals surface area contributed by atoms with Crippen molar-refractivity contribution in [3.8, 4) is 16.9 Å². The molecule has 2 heteroatoms. The van der Waals surface area contributed by atoms with Crippen LogP contribution in [-0.4, -0.2) is 7.11 Å². The Morgan fingerprint density at radius 3 is 2.52 bits per heavy atom. The van der Waals surface area contributed by atoms with Gasteiger partial charge in [0.25, 0.3) is 0 Å². The summed E-state index contributed by atoms with van der Waals surface area (Å²) >= 11 is 0. The van der Waals surface area contributed by atoms with Crippen LogP contribution in [0.3, 0.4) is 0 Å². The van der Waals surface area contributed by atoms with Gasteiger partial charge in [0.15, 0.2) is 0 Å². The van der Waals surface area contributed by atoms with Crippen LogP contribution in [0.4, 0.5) is 5.69 Å². The molecule has 0 fully saturated rings. The monoisotopic (exact) mass is 353 g/mol. The van der Waals surface area contributed by atoms with Crippen molar-refractivity contribution in [3.63, 3.8) is 0 Å². The van der Waals surface area contributed by atoms with E-state index in [4.69, 9.17) is 4.74 Å². The molecule has 2 aliphatic rings. The van der Waals surface area contributed by atoms with Crippen molar-refractivity contribution in [3.05, 3.63) is 96.1 Å². The number of rotatable bonds is 3. The first-order valence-electron chi connectivity index (χ1n) is 9.60. The molecule has 1 aliphatic carbocycles. The van der Waals surface area contributed by atoms with Crippen molar-refractivity contribution in [2.24, 2.45) is 5.92 Å². The summed E-state index contributed by atoms with van der Waals surface area (Å²) in [5.41, 5.74) is 6.44. The van der Waals surface area contributed by atoms with Gasteiger partial charge in [-0.1, -0.05) is 66.7 Å². The van der Waals surface area contributed by atoms with Gasteiger partial charge in [-0.3, -0.25) is 0 Å². The van der Waals surface area contributed by atoms with E-state index in [2.05, 4.69) is 84.2 Å². The van der Waals surface area contributed by atoms with Crippen LogP contribution in [-0.2, 0) is 0 Å². The Bertz CT molecular complexity index is 992. The van der Waals surface area contributed by atoms with Gasteiger partial charge in [-0.05, 0) is 47.2 Å². The third-order valence-corrected chi connectivity index (χ3v) is 5.94. The molecule has 3 aromatic carbocycles. The number of ether oxygens (including phenoxy) is 1. The molecule has 3 atom stereocenters. The molecule has 134 valence electrons. The molecule has 0 spiro atoms. The first kappa shape index (κ1) is 16.2. The van der Waals surface area contributed by atoms with E-state index in [9.17, 15) is 0 Å². The fourth-order valence-electron chi connectivity index (χ4n) is 4.64. The molecule has 2 nitrogen and oxygen atoms in total. The van der Waals surface area contributed by atoms with E-state index in [-0.39, 0.29) is 6.04 Å². The Hall–Kier alpha value is -3.00. The lowest BCUT2D eigenvalue weighted by Gasteiger charge is -2.38. The second-order valence-electron chi connectivity index (χ2n) is 7.39. The van der Waals surface area contributed by atoms with Crippen LogP contribution in [0.5, 0.6) is 5.75 Å². The standard InChI is InChI=1S/C25H23NO/c1-27-24-13-6-5-10-21(24)25-20-12-7-11-19(20)22-16-18(14-15-23(22)26-25)17-8-3-2-4-9-17/h2-11,13-16,19-20,25-26H,12H2,1H3/t19-,20-,25+/m0/s1. The van der Waals surface area contributed by atoms with Crippen LogP contribution >= 0.6 is 0 Å². The topological polar surface area (TPSA) is 21.3 Å². The minimum atomic E-state index is 0.260. The Morgan fingerprint density at radius 1 is 0.852 bits per heavy atom. The maximum Gasteiger partial charge on any atom is 0.124 e. The maximum atomic E-state index is 5.65. The maximum absolute atomic E-state index is 5.65. The van der Waals surface area contributed by atoms with Gasteiger partial charge >= 0.3 is 0 Å². The van der Waals surface area contributed by atoms with Crippen molar-refractivity contribution < 1.29 is 4.74 Å². The molecule has 0 aromatic heterocycles. The SMILES string of the molecule is COc1ccccc1[C@@H]1Nc2ccc(-c3ccccc3)cc2[C@H]2C=CC[C@@H]21. The zero-order valence-electron chi connectivity index (χ0n) is 15.4. The summed E-state index contributed by atoms with van der Waals surface area (Å²) in [7, 11) is 1.76. The Morgan fingerprint density at radius 2 is 1.67 bits per heavy atom. The molecule has 0 amide bonds. The number of para-hydroxylation sites is 1. The molecule has 0 saturated heterocycles. The minimum absolute atomic E-state index is 0.260. The predicted octanol–water partition coefficient (Wildman–Crippen LogP) is 6.19. The van der Waals surface area contributed by atoms with E-state index in [1.165, 1.54) is 27.9 Å². The second-order valence-corrected chi connectivity index (χ2v) is 7.39. The van der Waals surface area contributed by atoms with Crippen molar-refractivity contribution in [1.29, 1.82) is 0 Å². The molecule has 0 unspecified atom stereocenters. The molecule has 0 radical (unpaired) electrons. The van der Waals surface area contributed by atoms with Gasteiger partial charge in [0, 0.05) is 17.2 Å². The van der Waals surface area contributed by atoms with Crippen molar-refractivity contribution in [2.75, 3.05) is 12.4 Å². The van der Waals surface area contributed by atoms with Crippen LogP contribution < -0.4 is 10.1 Å². The third kappa shape index (κ3) is 2.73. The third-order valence-electron chi connectivity index (χ3n) is 5.94. The van der Waals surface area contributed by atoms with E-state index in [1.54, 1.807) is 7.11 Å². The van der Waals surface area contributed by atoms with Gasteiger partial charge in [0.05, 0.1) is 13.2 Å². The van der Waals surface area contributed by atoms with E-state index in [0.717, 1.165) is 12.2 Å². The predicted molar refractivity (Wildman–Crippen MR) is 111 cm³/mol. The number of benzene rings is 3. The fraction of sp³-hybridized carbons (Fsp3) is 0.200. The highest BCUT2D eigenvalue weighted by Gasteiger charge is 2.38. The molecule has 1 heterocycles. The Balaban J connectivity index is 1.58. The van der Waals surface area contributed by atoms with Gasteiger partial charge < -0.3 is 10.1 Å². The van der Waals surface area contributed by atoms with Gasteiger partial charge in [-0.15, -0.1) is 0 Å². The van der Waals surface area contributed by atoms with Crippen molar-refractivity contribution in [1.82, 2.24) is 0 Å². The molecular weight excluding hydrogens is 330 g/mol. The van der Waals surface area contributed by atoms with Crippen LogP contribution in [0.25, 0.3) is 11.1 Å². The second kappa shape index (κ2) is 6.62. The first-order valence-corrected chi connectivity index (χ1v) is 9.60. The molecule has 27 heavy (non-hydrogen) atoms. The minimum Gasteiger partial charge on any atom is -0.496 e. The normalized spacial score (nSPS) is 22.6. The van der Waals surface area contributed by atoms with Crippen LogP contribution in [0, 0.1) is 5.92 Å². The molecule has 0 bridgehead atoms. The first-order chi connectivity index (χ1) is 13.3. The van der Waals surface area contributed by atoms with Gasteiger partial charge in [0.2, 0.25) is 0 Å². The lowest BCUT2D eigenvalue weighted by atomic mass is 9.76. The summed E-state index contributed by atoms with van der Waals surface area (Å²) in [6, 6.07) is 26.1. The Labute approximate surface area is 160 Å². The number of hydrogen-bond acceptors (Lipinski definition) is 2. The lowest BCUT2D eigenvalue weighted by molar-refractivity contribution is 0.381. The van der Waals surface area contributed by atoms with Crippen LogP contribution in [0.2, 0.25) is 0 Å². The molecule has 3 aromatic rings. The van der Waals surface area contributed by atoms with E-state index in [1.807, 2.05) is 6.07 Å². The van der Waals surface area contributed by atoms with Crippen molar-refractivity contribution in [2.45, 2.75) is 18.4 Å². The van der Waals surface area contributed by atoms with Crippen LogP contribution in [0.1, 0.15) is 29.5 Å². The molecular formula is C25H23NO. The van der Waals surface area contributed by atoms with E-state index < -0.39 is 0 Å². The van der Waals surface area contributed by atoms with Crippen molar-refractivity contribution >= 4 is 5.69 Å². The number of fused-ring (bicyclic) bond motifs is 3. The summed E-state index contributed by atoms with van der Waals surface area (Å²) < 4.78 is 5.65. The quantitative estimate of drug-likeness (QED) is 0.567. The highest BCUT2D eigenvalue weighted by Crippen LogP contribution is 2.51. The Kier molecular flexibility index (Phi) is 3.97. The molecule has 1 N–H and O–H groups in total. The number of anilines is 1. The van der Waals surface area contributed by atoms with E-state index >= 15 is 0 Å². The highest BCUT2D eigenvalue weighted by molar-refractivity contribution is 5.71. The smallest absolute Gasteiger partial charge is 0.124 e. The van der Waals surface area contributed by atoms with E-state index in [0.29, 0.717) is 11.8 Å². The summed E-state index contributed by atoms with van der Waals surface area (Å²) in [4.78, 5) is 0. The summed E-state index contributed by atoms with van der Waals surface area (Å²) in [5.74, 6) is 1.92. The van der Waals surface area contributed by atoms with Gasteiger partial charge in [-0.2, -0.15) is 0 Å². The lowest BCUT2D eigenvalue weighted by Crippen LogP contribution is -2.29. The highest BCUT2D eigenvalue weighted by atomic mass is 16.5. The molecule has 5 rings (SSSR count). The average molecular weight is 353 g/mol. The number of allylic oxidation sites excluding steroid dienone is 2. The van der Waals surface area contributed by atoms with Crippen LogP contribution in [0.15, 0.2) is 84.9 Å². The fourth-order valence-corrected chi connectivity index (χ4v) is 4.64. The summed E-state index contributed by atoms with van der Waals surface area (Å²) in [6.07, 6.45) is 5.82. The van der Waals surface area contributed by atoms with Gasteiger partial charge in [0.1, 0.15) is 5.75 Å². The number of nitrogens with one attached hydrogen (secondary N) is 1.